The molecular weight excluding hydrogens is 420 g/mol. The fourth-order valence-corrected chi connectivity index (χ4v) is 4.03. The van der Waals surface area contributed by atoms with Gasteiger partial charge in [-0.2, -0.15) is 0 Å². The summed E-state index contributed by atoms with van der Waals surface area (Å²) in [6.07, 6.45) is 1.80. The normalized spacial score (nSPS) is 15.7. The highest BCUT2D eigenvalue weighted by Crippen LogP contribution is 2.21. The first-order valence-electron chi connectivity index (χ1n) is 11.4. The first-order valence-corrected chi connectivity index (χ1v) is 11.4. The predicted octanol–water partition coefficient (Wildman–Crippen LogP) is 3.21. The molecule has 3 rings (SSSR count). The lowest BCUT2D eigenvalue weighted by Crippen LogP contribution is -2.43. The molecule has 1 atom stereocenters. The molecule has 1 saturated heterocycles. The highest BCUT2D eigenvalue weighted by Gasteiger charge is 2.29. The summed E-state index contributed by atoms with van der Waals surface area (Å²) in [6.45, 7) is 3.63. The molecule has 0 bridgehead atoms. The summed E-state index contributed by atoms with van der Waals surface area (Å²) >= 11 is 0. The van der Waals surface area contributed by atoms with Crippen LogP contribution >= 0.6 is 0 Å². The van der Waals surface area contributed by atoms with Crippen molar-refractivity contribution in [2.24, 2.45) is 5.92 Å². The summed E-state index contributed by atoms with van der Waals surface area (Å²) in [7, 11) is 1.50. The first kappa shape index (κ1) is 24.5. The number of carbonyl (C=O) groups excluding carboxylic acids is 3. The van der Waals surface area contributed by atoms with Crippen LogP contribution in [0.5, 0.6) is 0 Å². The van der Waals surface area contributed by atoms with Gasteiger partial charge in [-0.15, -0.1) is 0 Å². The number of esters is 1. The van der Waals surface area contributed by atoms with Crippen LogP contribution in [0, 0.1) is 5.92 Å². The number of amides is 2. The number of carbonyl (C=O) groups is 3. The van der Waals surface area contributed by atoms with Gasteiger partial charge >= 0.3 is 5.97 Å². The van der Waals surface area contributed by atoms with E-state index in [0.29, 0.717) is 26.2 Å². The Morgan fingerprint density at radius 3 is 2.42 bits per heavy atom. The van der Waals surface area contributed by atoms with E-state index in [-0.39, 0.29) is 36.7 Å². The average molecular weight is 453 g/mol. The zero-order valence-electron chi connectivity index (χ0n) is 19.4. The van der Waals surface area contributed by atoms with Crippen LogP contribution in [-0.4, -0.2) is 56.1 Å². The molecule has 176 valence electrons. The maximum absolute atomic E-state index is 12.8. The number of nitrogens with zero attached hydrogens (tertiary/aromatic N) is 2. The van der Waals surface area contributed by atoms with Crippen LogP contribution in [0.15, 0.2) is 54.6 Å². The standard InChI is InChI=1S/C26H32N2O5/c1-3-33-26(31)22-10-7-15-27(18-22)24(29)16-20-11-13-23(14-12-20)28(25(30)19-32-2)17-21-8-5-4-6-9-21/h4-6,8-9,11-14,22H,3,7,10,15-19H2,1-2H3. The van der Waals surface area contributed by atoms with Gasteiger partial charge < -0.3 is 19.3 Å². The second-order valence-corrected chi connectivity index (χ2v) is 8.17. The van der Waals surface area contributed by atoms with Gasteiger partial charge in [0.1, 0.15) is 6.61 Å². The minimum atomic E-state index is -0.247. The number of hydrogen-bond donors (Lipinski definition) is 0. The Hall–Kier alpha value is -3.19. The van der Waals surface area contributed by atoms with Crippen LogP contribution in [0.4, 0.5) is 5.69 Å². The molecule has 0 radical (unpaired) electrons. The molecule has 1 unspecified atom stereocenters. The Morgan fingerprint density at radius 2 is 1.76 bits per heavy atom. The van der Waals surface area contributed by atoms with Gasteiger partial charge in [-0.3, -0.25) is 14.4 Å². The quantitative estimate of drug-likeness (QED) is 0.546. The molecule has 7 heteroatoms. The van der Waals surface area contributed by atoms with Gasteiger partial charge in [-0.25, -0.2) is 0 Å². The number of ether oxygens (including phenoxy) is 2. The monoisotopic (exact) mass is 452 g/mol. The molecule has 1 heterocycles. The maximum Gasteiger partial charge on any atom is 0.310 e. The van der Waals surface area contributed by atoms with E-state index in [9.17, 15) is 14.4 Å². The summed E-state index contributed by atoms with van der Waals surface area (Å²) in [4.78, 5) is 41.0. The van der Waals surface area contributed by atoms with Crippen LogP contribution in [-0.2, 0) is 36.8 Å². The average Bonchev–Trinajstić information content (AvgIpc) is 2.84. The van der Waals surface area contributed by atoms with Crippen LogP contribution in [0.25, 0.3) is 0 Å². The van der Waals surface area contributed by atoms with Crippen molar-refractivity contribution in [2.45, 2.75) is 32.7 Å². The molecule has 0 aliphatic carbocycles. The maximum atomic E-state index is 12.8. The minimum Gasteiger partial charge on any atom is -0.466 e. The second kappa shape index (κ2) is 12.2. The molecule has 2 aromatic carbocycles. The molecule has 1 aliphatic rings. The predicted molar refractivity (Wildman–Crippen MR) is 126 cm³/mol. The van der Waals surface area contributed by atoms with Gasteiger partial charge in [-0.05, 0) is 43.0 Å². The molecule has 0 N–H and O–H groups in total. The van der Waals surface area contributed by atoms with E-state index in [1.54, 1.807) is 16.7 Å². The summed E-state index contributed by atoms with van der Waals surface area (Å²) in [6, 6.07) is 17.2. The lowest BCUT2D eigenvalue weighted by Gasteiger charge is -2.31. The number of benzene rings is 2. The van der Waals surface area contributed by atoms with Gasteiger partial charge in [0.25, 0.3) is 5.91 Å². The number of hydrogen-bond acceptors (Lipinski definition) is 5. The topological polar surface area (TPSA) is 76.2 Å². The molecule has 0 spiro atoms. The summed E-state index contributed by atoms with van der Waals surface area (Å²) in [5, 5.41) is 0. The summed E-state index contributed by atoms with van der Waals surface area (Å²) in [5.41, 5.74) is 2.63. The number of piperidine rings is 1. The van der Waals surface area contributed by atoms with E-state index >= 15 is 0 Å². The van der Waals surface area contributed by atoms with E-state index in [0.717, 1.165) is 29.7 Å². The van der Waals surface area contributed by atoms with Gasteiger partial charge in [-0.1, -0.05) is 42.5 Å². The van der Waals surface area contributed by atoms with Crippen molar-refractivity contribution in [3.63, 3.8) is 0 Å². The van der Waals surface area contributed by atoms with E-state index < -0.39 is 0 Å². The molecule has 2 aromatic rings. The zero-order valence-corrected chi connectivity index (χ0v) is 19.4. The Morgan fingerprint density at radius 1 is 1.03 bits per heavy atom. The molecule has 33 heavy (non-hydrogen) atoms. The van der Waals surface area contributed by atoms with Crippen molar-refractivity contribution in [3.8, 4) is 0 Å². The Labute approximate surface area is 195 Å². The molecule has 2 amide bonds. The van der Waals surface area contributed by atoms with Crippen molar-refractivity contribution in [3.05, 3.63) is 65.7 Å². The number of rotatable bonds is 9. The van der Waals surface area contributed by atoms with E-state index in [2.05, 4.69) is 0 Å². The molecule has 1 aliphatic heterocycles. The third-order valence-electron chi connectivity index (χ3n) is 5.75. The third kappa shape index (κ3) is 6.89. The van der Waals surface area contributed by atoms with Crippen molar-refractivity contribution in [1.82, 2.24) is 4.90 Å². The number of anilines is 1. The zero-order chi connectivity index (χ0) is 23.6. The van der Waals surface area contributed by atoms with Gasteiger partial charge in [0.15, 0.2) is 0 Å². The van der Waals surface area contributed by atoms with E-state index in [4.69, 9.17) is 9.47 Å². The molecule has 0 saturated carbocycles. The first-order chi connectivity index (χ1) is 16.0. The highest BCUT2D eigenvalue weighted by atomic mass is 16.5. The van der Waals surface area contributed by atoms with Crippen LogP contribution in [0.1, 0.15) is 30.9 Å². The van der Waals surface area contributed by atoms with Crippen molar-refractivity contribution < 1.29 is 23.9 Å². The van der Waals surface area contributed by atoms with Crippen LogP contribution < -0.4 is 4.90 Å². The summed E-state index contributed by atoms with van der Waals surface area (Å²) < 4.78 is 10.2. The molecular formula is C26H32N2O5. The van der Waals surface area contributed by atoms with Gasteiger partial charge in [0.2, 0.25) is 5.91 Å². The Kier molecular flexibility index (Phi) is 9.01. The molecule has 1 fully saturated rings. The van der Waals surface area contributed by atoms with Crippen molar-refractivity contribution >= 4 is 23.5 Å². The van der Waals surface area contributed by atoms with Crippen LogP contribution in [0.2, 0.25) is 0 Å². The van der Waals surface area contributed by atoms with Crippen LogP contribution in [0.3, 0.4) is 0 Å². The van der Waals surface area contributed by atoms with E-state index in [1.165, 1.54) is 7.11 Å². The largest absolute Gasteiger partial charge is 0.466 e. The van der Waals surface area contributed by atoms with Crippen molar-refractivity contribution in [2.75, 3.05) is 38.3 Å². The fraction of sp³-hybridized carbons (Fsp3) is 0.423. The molecule has 7 nitrogen and oxygen atoms in total. The fourth-order valence-electron chi connectivity index (χ4n) is 4.03. The lowest BCUT2D eigenvalue weighted by atomic mass is 9.97. The smallest absolute Gasteiger partial charge is 0.310 e. The van der Waals surface area contributed by atoms with E-state index in [1.807, 2.05) is 54.6 Å². The second-order valence-electron chi connectivity index (χ2n) is 8.17. The third-order valence-corrected chi connectivity index (χ3v) is 5.75. The minimum absolute atomic E-state index is 0.00616. The highest BCUT2D eigenvalue weighted by molar-refractivity contribution is 5.94. The SMILES string of the molecule is CCOC(=O)C1CCCN(C(=O)Cc2ccc(N(Cc3ccccc3)C(=O)COC)cc2)C1. The number of likely N-dealkylation sites (tertiary alicyclic amines) is 1. The van der Waals surface area contributed by atoms with Gasteiger partial charge in [0.05, 0.1) is 25.5 Å². The van der Waals surface area contributed by atoms with Crippen molar-refractivity contribution in [1.29, 1.82) is 0 Å². The molecule has 0 aromatic heterocycles. The van der Waals surface area contributed by atoms with Gasteiger partial charge in [0, 0.05) is 25.9 Å². The lowest BCUT2D eigenvalue weighted by molar-refractivity contribution is -0.151. The number of methoxy groups -OCH3 is 1. The Balaban J connectivity index is 1.65. The summed E-state index contributed by atoms with van der Waals surface area (Å²) in [5.74, 6) is -0.612. The Bertz CT molecular complexity index is 929.